The van der Waals surface area contributed by atoms with Gasteiger partial charge in [-0.1, -0.05) is 24.6 Å². The van der Waals surface area contributed by atoms with Crippen molar-refractivity contribution in [3.63, 3.8) is 0 Å². The smallest absolute Gasteiger partial charge is 0.270 e. The van der Waals surface area contributed by atoms with Gasteiger partial charge in [0.1, 0.15) is 0 Å². The number of likely N-dealkylation sites (N-methyl/N-ethyl adjacent to an activating group) is 1. The minimum atomic E-state index is -0.530. The van der Waals surface area contributed by atoms with Crippen molar-refractivity contribution in [3.05, 3.63) is 57.1 Å². The van der Waals surface area contributed by atoms with Crippen LogP contribution in [0.3, 0.4) is 0 Å². The number of non-ortho nitro benzene ring substituents is 1. The van der Waals surface area contributed by atoms with Gasteiger partial charge in [-0.2, -0.15) is 0 Å². The molecule has 2 aromatic carbocycles. The van der Waals surface area contributed by atoms with E-state index in [1.807, 2.05) is 23.1 Å². The monoisotopic (exact) mass is 532 g/mol. The van der Waals surface area contributed by atoms with Crippen molar-refractivity contribution in [2.45, 2.75) is 6.92 Å². The number of para-hydroxylation sites is 1. The van der Waals surface area contributed by atoms with Gasteiger partial charge in [0, 0.05) is 51.4 Å². The maximum atomic E-state index is 13.2. The number of nitro benzene ring substituents is 1. The third-order valence-electron chi connectivity index (χ3n) is 6.39. The van der Waals surface area contributed by atoms with E-state index >= 15 is 0 Å². The fourth-order valence-electron chi connectivity index (χ4n) is 4.45. The van der Waals surface area contributed by atoms with E-state index < -0.39 is 10.8 Å². The molecular weight excluding hydrogens is 504 g/mol. The number of rotatable bonds is 6. The molecule has 10 nitrogen and oxygen atoms in total. The van der Waals surface area contributed by atoms with Crippen LogP contribution >= 0.6 is 23.8 Å². The van der Waals surface area contributed by atoms with Crippen LogP contribution in [0.25, 0.3) is 0 Å². The Morgan fingerprint density at radius 3 is 2.50 bits per heavy atom. The molecule has 2 aliphatic rings. The van der Waals surface area contributed by atoms with Crippen molar-refractivity contribution in [1.82, 2.24) is 10.2 Å². The van der Waals surface area contributed by atoms with Crippen LogP contribution in [0.5, 0.6) is 0 Å². The number of carbonyl (C=O) groups excluding carboxylic acids is 1. The summed E-state index contributed by atoms with van der Waals surface area (Å²) in [4.78, 5) is 30.6. The zero-order valence-electron chi connectivity index (χ0n) is 20.0. The van der Waals surface area contributed by atoms with Crippen molar-refractivity contribution < 1.29 is 14.5 Å². The van der Waals surface area contributed by atoms with E-state index in [2.05, 4.69) is 27.4 Å². The molecule has 12 heteroatoms. The number of piperazine rings is 1. The van der Waals surface area contributed by atoms with Gasteiger partial charge in [-0.3, -0.25) is 20.2 Å². The third kappa shape index (κ3) is 6.04. The van der Waals surface area contributed by atoms with Gasteiger partial charge in [0.15, 0.2) is 5.11 Å². The zero-order valence-corrected chi connectivity index (χ0v) is 21.6. The summed E-state index contributed by atoms with van der Waals surface area (Å²) in [5, 5.41) is 17.8. The first-order valence-electron chi connectivity index (χ1n) is 11.9. The Bertz CT molecular complexity index is 1140. The number of ether oxygens (including phenoxy) is 1. The molecule has 0 bridgehead atoms. The lowest BCUT2D eigenvalue weighted by Crippen LogP contribution is -2.46. The van der Waals surface area contributed by atoms with Crippen molar-refractivity contribution in [3.8, 4) is 0 Å². The summed E-state index contributed by atoms with van der Waals surface area (Å²) in [6.07, 6.45) is 0. The number of carbonyl (C=O) groups is 1. The van der Waals surface area contributed by atoms with Crippen molar-refractivity contribution in [1.29, 1.82) is 0 Å². The highest BCUT2D eigenvalue weighted by molar-refractivity contribution is 7.80. The lowest BCUT2D eigenvalue weighted by atomic mass is 10.1. The molecule has 0 radical (unpaired) electrons. The fraction of sp³-hybridized carbons (Fsp3) is 0.417. The van der Waals surface area contributed by atoms with E-state index in [4.69, 9.17) is 28.6 Å². The molecule has 36 heavy (non-hydrogen) atoms. The molecule has 1 amide bonds. The zero-order chi connectivity index (χ0) is 25.7. The second-order valence-electron chi connectivity index (χ2n) is 8.52. The minimum absolute atomic E-state index is 0.0788. The average Bonchev–Trinajstić information content (AvgIpc) is 2.89. The molecular formula is C24H29ClN6O4S. The predicted octanol–water partition coefficient (Wildman–Crippen LogP) is 3.35. The quantitative estimate of drug-likeness (QED) is 0.329. The fourth-order valence-corrected chi connectivity index (χ4v) is 4.95. The number of hydrogen-bond donors (Lipinski definition) is 2. The molecule has 0 atom stereocenters. The molecule has 2 N–H and O–H groups in total. The minimum Gasteiger partial charge on any atom is -0.378 e. The van der Waals surface area contributed by atoms with Gasteiger partial charge in [0.2, 0.25) is 0 Å². The van der Waals surface area contributed by atoms with Crippen LogP contribution < -0.4 is 20.4 Å². The first kappa shape index (κ1) is 26.1. The van der Waals surface area contributed by atoms with Gasteiger partial charge in [0.25, 0.3) is 11.6 Å². The van der Waals surface area contributed by atoms with E-state index in [1.165, 1.54) is 12.1 Å². The Balaban J connectivity index is 1.52. The first-order valence-corrected chi connectivity index (χ1v) is 12.6. The van der Waals surface area contributed by atoms with Crippen molar-refractivity contribution in [2.24, 2.45) is 0 Å². The number of nitrogens with one attached hydrogen (secondary N) is 2. The van der Waals surface area contributed by atoms with Crippen molar-refractivity contribution in [2.75, 3.05) is 74.1 Å². The molecule has 2 saturated heterocycles. The molecule has 2 fully saturated rings. The van der Waals surface area contributed by atoms with E-state index in [0.717, 1.165) is 38.4 Å². The van der Waals surface area contributed by atoms with Gasteiger partial charge in [-0.05, 0) is 37.0 Å². The second-order valence-corrected chi connectivity index (χ2v) is 9.34. The molecule has 0 unspecified atom stereocenters. The second kappa shape index (κ2) is 11.8. The topological polar surface area (TPSA) is 103 Å². The van der Waals surface area contributed by atoms with Crippen molar-refractivity contribution >= 4 is 57.6 Å². The predicted molar refractivity (Wildman–Crippen MR) is 146 cm³/mol. The number of nitro groups is 1. The number of thiocarbonyl (C=S) groups is 1. The van der Waals surface area contributed by atoms with Gasteiger partial charge < -0.3 is 24.8 Å². The summed E-state index contributed by atoms with van der Waals surface area (Å²) in [6.45, 7) is 8.84. The molecule has 0 aliphatic carbocycles. The lowest BCUT2D eigenvalue weighted by molar-refractivity contribution is -0.384. The maximum Gasteiger partial charge on any atom is 0.270 e. The number of hydrogen-bond acceptors (Lipinski definition) is 8. The van der Waals surface area contributed by atoms with Gasteiger partial charge >= 0.3 is 0 Å². The number of halogens is 1. The molecule has 0 aromatic heterocycles. The summed E-state index contributed by atoms with van der Waals surface area (Å²) < 4.78 is 5.40. The Labute approximate surface area is 220 Å². The van der Waals surface area contributed by atoms with Gasteiger partial charge in [-0.15, -0.1) is 0 Å². The van der Waals surface area contributed by atoms with Crippen LogP contribution in [0.15, 0.2) is 36.4 Å². The summed E-state index contributed by atoms with van der Waals surface area (Å²) in [5.74, 6) is -0.530. The Morgan fingerprint density at radius 2 is 1.83 bits per heavy atom. The highest BCUT2D eigenvalue weighted by Crippen LogP contribution is 2.34. The highest BCUT2D eigenvalue weighted by atomic mass is 35.5. The standard InChI is InChI=1S/C24H29ClN6O4S/c1-2-28-8-10-30(11-9-28)22-19(25)4-3-5-20(22)26-24(36)27-23(32)18-16-17(31(33)34)6-7-21(18)29-12-14-35-15-13-29/h3-7,16H,2,8-15H2,1H3,(H2,26,27,32,36). The van der Waals surface area contributed by atoms with Gasteiger partial charge in [0.05, 0.1) is 45.8 Å². The van der Waals surface area contributed by atoms with Crippen LogP contribution in [0, 0.1) is 10.1 Å². The Kier molecular flexibility index (Phi) is 8.57. The largest absolute Gasteiger partial charge is 0.378 e. The third-order valence-corrected chi connectivity index (χ3v) is 6.89. The summed E-state index contributed by atoms with van der Waals surface area (Å²) in [7, 11) is 0. The molecule has 0 saturated carbocycles. The number of morpholine rings is 1. The highest BCUT2D eigenvalue weighted by Gasteiger charge is 2.24. The number of amides is 1. The molecule has 2 heterocycles. The maximum absolute atomic E-state index is 13.2. The van der Waals surface area contributed by atoms with E-state index in [9.17, 15) is 14.9 Å². The Hall–Kier alpha value is -2.99. The normalized spacial score (nSPS) is 16.5. The van der Waals surface area contributed by atoms with Crippen LogP contribution in [0.1, 0.15) is 17.3 Å². The molecule has 2 aliphatic heterocycles. The lowest BCUT2D eigenvalue weighted by Gasteiger charge is -2.37. The SMILES string of the molecule is CCN1CCN(c2c(Cl)cccc2NC(=S)NC(=O)c2cc([N+](=O)[O-])ccc2N2CCOCC2)CC1. The number of nitrogens with zero attached hydrogens (tertiary/aromatic N) is 4. The average molecular weight is 533 g/mol. The molecule has 2 aromatic rings. The number of benzene rings is 2. The molecule has 0 spiro atoms. The first-order chi connectivity index (χ1) is 17.4. The van der Waals surface area contributed by atoms with Gasteiger partial charge in [-0.25, -0.2) is 0 Å². The van der Waals surface area contributed by atoms with Crippen LogP contribution in [-0.2, 0) is 4.74 Å². The van der Waals surface area contributed by atoms with Crippen LogP contribution in [0.4, 0.5) is 22.7 Å². The Morgan fingerprint density at radius 1 is 1.11 bits per heavy atom. The van der Waals surface area contributed by atoms with E-state index in [0.29, 0.717) is 42.7 Å². The molecule has 192 valence electrons. The molecule has 4 rings (SSSR count). The van der Waals surface area contributed by atoms with E-state index in [-0.39, 0.29) is 16.4 Å². The summed E-state index contributed by atoms with van der Waals surface area (Å²) in [5.41, 5.74) is 2.12. The van der Waals surface area contributed by atoms with Crippen LogP contribution in [0.2, 0.25) is 5.02 Å². The van der Waals surface area contributed by atoms with Crippen LogP contribution in [-0.4, -0.2) is 79.9 Å². The summed E-state index contributed by atoms with van der Waals surface area (Å²) >= 11 is 12.0. The summed E-state index contributed by atoms with van der Waals surface area (Å²) in [6, 6.07) is 9.78. The number of anilines is 3. The van der Waals surface area contributed by atoms with E-state index in [1.54, 1.807) is 6.07 Å².